The number of nitro groups is 1. The largest absolute Gasteiger partial charge is 0.383 e. The number of methoxy groups -OCH3 is 1. The van der Waals surface area contributed by atoms with Gasteiger partial charge in [0.15, 0.2) is 0 Å². The standard InChI is InChI=1S/C11H13ClN2O4/c1-13(5-6-18-2)11(15)9-7-8(12)3-4-10(9)14(16)17/h3-4,7H,5-6H2,1-2H3. The fourth-order valence-corrected chi connectivity index (χ4v) is 1.55. The van der Waals surface area contributed by atoms with Crippen LogP contribution in [0, 0.1) is 10.1 Å². The van der Waals surface area contributed by atoms with Gasteiger partial charge in [0.1, 0.15) is 5.56 Å². The van der Waals surface area contributed by atoms with Crippen molar-refractivity contribution in [1.82, 2.24) is 4.90 Å². The lowest BCUT2D eigenvalue weighted by Gasteiger charge is -2.16. The third kappa shape index (κ3) is 3.41. The zero-order valence-electron chi connectivity index (χ0n) is 10.1. The number of nitrogens with zero attached hydrogens (tertiary/aromatic N) is 2. The van der Waals surface area contributed by atoms with Crippen LogP contribution in [0.15, 0.2) is 18.2 Å². The molecule has 0 N–H and O–H groups in total. The Hall–Kier alpha value is -1.66. The lowest BCUT2D eigenvalue weighted by Crippen LogP contribution is -2.30. The van der Waals surface area contributed by atoms with Gasteiger partial charge in [-0.1, -0.05) is 11.6 Å². The van der Waals surface area contributed by atoms with Crippen molar-refractivity contribution < 1.29 is 14.5 Å². The molecule has 0 aliphatic heterocycles. The number of likely N-dealkylation sites (N-methyl/N-ethyl adjacent to an activating group) is 1. The molecule has 6 nitrogen and oxygen atoms in total. The average Bonchev–Trinajstić information content (AvgIpc) is 2.34. The predicted octanol–water partition coefficient (Wildman–Crippen LogP) is 1.97. The van der Waals surface area contributed by atoms with Crippen molar-refractivity contribution in [2.75, 3.05) is 27.3 Å². The van der Waals surface area contributed by atoms with Crippen molar-refractivity contribution in [3.8, 4) is 0 Å². The molecule has 0 aliphatic rings. The molecule has 0 fully saturated rings. The first kappa shape index (κ1) is 14.4. The van der Waals surface area contributed by atoms with Crippen LogP contribution >= 0.6 is 11.6 Å². The fraction of sp³-hybridized carbons (Fsp3) is 0.364. The summed E-state index contributed by atoms with van der Waals surface area (Å²) in [5, 5.41) is 11.1. The number of halogens is 1. The van der Waals surface area contributed by atoms with Gasteiger partial charge in [0.2, 0.25) is 0 Å². The maximum absolute atomic E-state index is 12.0. The summed E-state index contributed by atoms with van der Waals surface area (Å²) in [6.45, 7) is 0.704. The highest BCUT2D eigenvalue weighted by Gasteiger charge is 2.22. The summed E-state index contributed by atoms with van der Waals surface area (Å²) in [6.07, 6.45) is 0. The number of hydrogen-bond donors (Lipinski definition) is 0. The van der Waals surface area contributed by atoms with Crippen LogP contribution in [0.4, 0.5) is 5.69 Å². The maximum Gasteiger partial charge on any atom is 0.282 e. The minimum Gasteiger partial charge on any atom is -0.383 e. The van der Waals surface area contributed by atoms with Gasteiger partial charge < -0.3 is 9.64 Å². The first-order valence-corrected chi connectivity index (χ1v) is 5.53. The van der Waals surface area contributed by atoms with E-state index < -0.39 is 10.8 Å². The molecule has 0 bridgehead atoms. The molecule has 1 rings (SSSR count). The van der Waals surface area contributed by atoms with Crippen LogP contribution in [-0.2, 0) is 4.74 Å². The SMILES string of the molecule is COCCN(C)C(=O)c1cc(Cl)ccc1[N+](=O)[O-]. The molecule has 0 aromatic heterocycles. The van der Waals surface area contributed by atoms with Gasteiger partial charge in [-0.05, 0) is 12.1 Å². The molecule has 0 aliphatic carbocycles. The zero-order chi connectivity index (χ0) is 13.7. The normalized spacial score (nSPS) is 10.2. The molecule has 18 heavy (non-hydrogen) atoms. The molecule has 1 aromatic carbocycles. The average molecular weight is 273 g/mol. The minimum atomic E-state index is -0.603. The molecule has 98 valence electrons. The number of hydrogen-bond acceptors (Lipinski definition) is 4. The summed E-state index contributed by atoms with van der Waals surface area (Å²) in [6, 6.07) is 3.90. The van der Waals surface area contributed by atoms with E-state index in [-0.39, 0.29) is 16.3 Å². The van der Waals surface area contributed by atoms with Crippen molar-refractivity contribution in [3.05, 3.63) is 38.9 Å². The summed E-state index contributed by atoms with van der Waals surface area (Å²) in [7, 11) is 3.06. The second-order valence-corrected chi connectivity index (χ2v) is 4.07. The number of carbonyl (C=O) groups excluding carboxylic acids is 1. The van der Waals surface area contributed by atoms with E-state index >= 15 is 0 Å². The van der Waals surface area contributed by atoms with Crippen LogP contribution in [0.2, 0.25) is 5.02 Å². The summed E-state index contributed by atoms with van der Waals surface area (Å²) in [4.78, 5) is 23.6. The molecule has 1 aromatic rings. The number of carbonyl (C=O) groups is 1. The molecule has 0 spiro atoms. The Morgan fingerprint density at radius 3 is 2.78 bits per heavy atom. The maximum atomic E-state index is 12.0. The second-order valence-electron chi connectivity index (χ2n) is 3.64. The molecule has 0 atom stereocenters. The summed E-state index contributed by atoms with van der Waals surface area (Å²) < 4.78 is 4.85. The quantitative estimate of drug-likeness (QED) is 0.607. The highest BCUT2D eigenvalue weighted by atomic mass is 35.5. The zero-order valence-corrected chi connectivity index (χ0v) is 10.8. The Labute approximate surface area is 109 Å². The van der Waals surface area contributed by atoms with E-state index in [4.69, 9.17) is 16.3 Å². The third-order valence-corrected chi connectivity index (χ3v) is 2.60. The molecule has 0 heterocycles. The predicted molar refractivity (Wildman–Crippen MR) is 66.9 cm³/mol. The van der Waals surface area contributed by atoms with Crippen LogP contribution in [0.3, 0.4) is 0 Å². The van der Waals surface area contributed by atoms with Gasteiger partial charge >= 0.3 is 0 Å². The van der Waals surface area contributed by atoms with Crippen molar-refractivity contribution in [2.45, 2.75) is 0 Å². The minimum absolute atomic E-state index is 0.0221. The molecular formula is C11H13ClN2O4. The lowest BCUT2D eigenvalue weighted by molar-refractivity contribution is -0.385. The van der Waals surface area contributed by atoms with Gasteiger partial charge in [0.25, 0.3) is 11.6 Å². The summed E-state index contributed by atoms with van der Waals surface area (Å²) >= 11 is 5.76. The molecule has 7 heteroatoms. The van der Waals surface area contributed by atoms with E-state index in [1.807, 2.05) is 0 Å². The van der Waals surface area contributed by atoms with Crippen LogP contribution in [-0.4, -0.2) is 43.0 Å². The Morgan fingerprint density at radius 2 is 2.22 bits per heavy atom. The highest BCUT2D eigenvalue weighted by molar-refractivity contribution is 6.31. The second kappa shape index (κ2) is 6.32. The van der Waals surface area contributed by atoms with E-state index in [1.165, 1.54) is 30.2 Å². The smallest absolute Gasteiger partial charge is 0.282 e. The van der Waals surface area contributed by atoms with Gasteiger partial charge in [0.05, 0.1) is 11.5 Å². The van der Waals surface area contributed by atoms with E-state index in [1.54, 1.807) is 7.05 Å². The van der Waals surface area contributed by atoms with Gasteiger partial charge in [-0.25, -0.2) is 0 Å². The molecular weight excluding hydrogens is 260 g/mol. The molecule has 1 amide bonds. The molecule has 0 unspecified atom stereocenters. The Bertz CT molecular complexity index is 464. The van der Waals surface area contributed by atoms with E-state index in [0.717, 1.165) is 0 Å². The van der Waals surface area contributed by atoms with Gasteiger partial charge in [-0.3, -0.25) is 14.9 Å². The van der Waals surface area contributed by atoms with Crippen molar-refractivity contribution in [3.63, 3.8) is 0 Å². The van der Waals surface area contributed by atoms with Crippen molar-refractivity contribution in [2.24, 2.45) is 0 Å². The molecule has 0 radical (unpaired) electrons. The Kier molecular flexibility index (Phi) is 5.06. The van der Waals surface area contributed by atoms with Gasteiger partial charge in [-0.15, -0.1) is 0 Å². The van der Waals surface area contributed by atoms with Gasteiger partial charge in [-0.2, -0.15) is 0 Å². The highest BCUT2D eigenvalue weighted by Crippen LogP contribution is 2.23. The van der Waals surface area contributed by atoms with E-state index in [9.17, 15) is 14.9 Å². The van der Waals surface area contributed by atoms with Crippen LogP contribution in [0.1, 0.15) is 10.4 Å². The van der Waals surface area contributed by atoms with Gasteiger partial charge in [0, 0.05) is 31.8 Å². The van der Waals surface area contributed by atoms with Crippen LogP contribution in [0.5, 0.6) is 0 Å². The molecule has 0 saturated heterocycles. The topological polar surface area (TPSA) is 72.7 Å². The summed E-state index contributed by atoms with van der Waals surface area (Å²) in [5.74, 6) is -0.457. The number of benzene rings is 1. The van der Waals surface area contributed by atoms with E-state index in [2.05, 4.69) is 0 Å². The first-order chi connectivity index (χ1) is 8.47. The van der Waals surface area contributed by atoms with Crippen LogP contribution < -0.4 is 0 Å². The van der Waals surface area contributed by atoms with E-state index in [0.29, 0.717) is 13.2 Å². The number of nitro benzene ring substituents is 1. The Morgan fingerprint density at radius 1 is 1.56 bits per heavy atom. The number of amides is 1. The van der Waals surface area contributed by atoms with Crippen molar-refractivity contribution >= 4 is 23.2 Å². The number of ether oxygens (including phenoxy) is 1. The third-order valence-electron chi connectivity index (χ3n) is 2.36. The lowest BCUT2D eigenvalue weighted by atomic mass is 10.1. The monoisotopic (exact) mass is 272 g/mol. The van der Waals surface area contributed by atoms with Crippen molar-refractivity contribution in [1.29, 1.82) is 0 Å². The summed E-state index contributed by atoms with van der Waals surface area (Å²) in [5.41, 5.74) is -0.278. The molecule has 0 saturated carbocycles. The van der Waals surface area contributed by atoms with Crippen LogP contribution in [0.25, 0.3) is 0 Å². The fourth-order valence-electron chi connectivity index (χ4n) is 1.37. The Balaban J connectivity index is 3.03. The number of rotatable bonds is 5. The first-order valence-electron chi connectivity index (χ1n) is 5.15.